The number of rotatable bonds is 6. The van der Waals surface area contributed by atoms with Crippen LogP contribution in [-0.2, 0) is 11.3 Å². The second-order valence-corrected chi connectivity index (χ2v) is 7.70. The van der Waals surface area contributed by atoms with Crippen LogP contribution >= 0.6 is 0 Å². The van der Waals surface area contributed by atoms with Crippen molar-refractivity contribution in [1.29, 1.82) is 0 Å². The topological polar surface area (TPSA) is 47.7 Å². The number of ether oxygens (including phenoxy) is 2. The van der Waals surface area contributed by atoms with Crippen molar-refractivity contribution in [3.05, 3.63) is 54.7 Å². The molecule has 29 heavy (non-hydrogen) atoms. The maximum Gasteiger partial charge on any atom is 0.368 e. The number of imidazole rings is 2. The maximum absolute atomic E-state index is 5.49. The number of nitrogens with zero attached hydrogens (tertiary/aromatic N) is 2. The SMILES string of the molecule is COc1ccc(-c2c[n+]3c4ccccc4[nH]c3n2CCC[NH+]2CCOCC2)cc1. The molecule has 6 heteroatoms. The van der Waals surface area contributed by atoms with Crippen LogP contribution in [0.4, 0.5) is 0 Å². The van der Waals surface area contributed by atoms with E-state index in [2.05, 4.69) is 56.5 Å². The molecule has 5 rings (SSSR count). The standard InChI is InChI=1S/C23H26N4O2/c1-28-19-9-7-18(8-10-19)22-17-27-21-6-3-2-5-20(21)24-23(27)26(22)12-4-11-25-13-15-29-16-14-25/h2-3,5-10,17H,4,11-16H2,1H3/p+2. The van der Waals surface area contributed by atoms with Gasteiger partial charge in [-0.2, -0.15) is 4.40 Å². The molecule has 1 saturated heterocycles. The van der Waals surface area contributed by atoms with E-state index >= 15 is 0 Å². The minimum atomic E-state index is 0.881. The third-order valence-electron chi connectivity index (χ3n) is 5.93. The summed E-state index contributed by atoms with van der Waals surface area (Å²) in [6.45, 7) is 6.17. The first-order chi connectivity index (χ1) is 14.3. The van der Waals surface area contributed by atoms with Gasteiger partial charge in [0.25, 0.3) is 0 Å². The first-order valence-electron chi connectivity index (χ1n) is 10.4. The second kappa shape index (κ2) is 7.89. The predicted molar refractivity (Wildman–Crippen MR) is 112 cm³/mol. The first kappa shape index (κ1) is 18.2. The van der Waals surface area contributed by atoms with Crippen LogP contribution in [0.2, 0.25) is 0 Å². The van der Waals surface area contributed by atoms with Crippen molar-refractivity contribution in [2.24, 2.45) is 0 Å². The van der Waals surface area contributed by atoms with Crippen LogP contribution < -0.4 is 14.0 Å². The van der Waals surface area contributed by atoms with Gasteiger partial charge in [0.2, 0.25) is 0 Å². The Morgan fingerprint density at radius 3 is 2.69 bits per heavy atom. The number of methoxy groups -OCH3 is 1. The largest absolute Gasteiger partial charge is 0.497 e. The van der Waals surface area contributed by atoms with Crippen LogP contribution in [-0.4, -0.2) is 49.5 Å². The third kappa shape index (κ3) is 3.50. The number of para-hydroxylation sites is 2. The minimum Gasteiger partial charge on any atom is -0.497 e. The summed E-state index contributed by atoms with van der Waals surface area (Å²) in [5.74, 6) is 2.01. The van der Waals surface area contributed by atoms with Gasteiger partial charge in [0.05, 0.1) is 33.4 Å². The van der Waals surface area contributed by atoms with Gasteiger partial charge in [-0.25, -0.2) is 9.55 Å². The number of aromatic nitrogens is 3. The zero-order chi connectivity index (χ0) is 19.6. The molecule has 0 atom stereocenters. The average Bonchev–Trinajstić information content (AvgIpc) is 3.31. The lowest BCUT2D eigenvalue weighted by Crippen LogP contribution is -3.14. The lowest BCUT2D eigenvalue weighted by molar-refractivity contribution is -0.908. The van der Waals surface area contributed by atoms with Gasteiger partial charge >= 0.3 is 5.78 Å². The Labute approximate surface area is 170 Å². The fourth-order valence-corrected chi connectivity index (χ4v) is 4.33. The molecular formula is C23H28N4O2+2. The van der Waals surface area contributed by atoms with E-state index in [0.717, 1.165) is 56.3 Å². The van der Waals surface area contributed by atoms with Gasteiger partial charge in [-0.3, -0.25) is 0 Å². The number of aromatic amines is 1. The summed E-state index contributed by atoms with van der Waals surface area (Å²) in [5, 5.41) is 0. The van der Waals surface area contributed by atoms with Gasteiger partial charge in [0, 0.05) is 12.0 Å². The summed E-state index contributed by atoms with van der Waals surface area (Å²) in [5.41, 5.74) is 4.79. The molecule has 2 N–H and O–H groups in total. The van der Waals surface area contributed by atoms with Crippen molar-refractivity contribution < 1.29 is 18.8 Å². The molecular weight excluding hydrogens is 364 g/mol. The monoisotopic (exact) mass is 392 g/mol. The van der Waals surface area contributed by atoms with Crippen molar-refractivity contribution in [2.45, 2.75) is 13.0 Å². The highest BCUT2D eigenvalue weighted by atomic mass is 16.5. The molecule has 0 unspecified atom stereocenters. The molecule has 0 amide bonds. The van der Waals surface area contributed by atoms with E-state index in [9.17, 15) is 0 Å². The molecule has 4 aromatic rings. The van der Waals surface area contributed by atoms with E-state index in [0.29, 0.717) is 0 Å². The third-order valence-corrected chi connectivity index (χ3v) is 5.93. The Hall–Kier alpha value is -2.83. The van der Waals surface area contributed by atoms with Crippen LogP contribution in [0.1, 0.15) is 6.42 Å². The van der Waals surface area contributed by atoms with Gasteiger partial charge in [-0.15, -0.1) is 0 Å². The molecule has 0 radical (unpaired) electrons. The molecule has 0 aliphatic carbocycles. The molecule has 6 nitrogen and oxygen atoms in total. The molecule has 0 saturated carbocycles. The molecule has 1 aliphatic rings. The van der Waals surface area contributed by atoms with E-state index in [1.165, 1.54) is 23.3 Å². The van der Waals surface area contributed by atoms with Gasteiger partial charge in [0.1, 0.15) is 41.8 Å². The molecule has 1 fully saturated rings. The molecule has 2 aromatic heterocycles. The molecule has 2 aromatic carbocycles. The summed E-state index contributed by atoms with van der Waals surface area (Å²) in [7, 11) is 1.71. The summed E-state index contributed by atoms with van der Waals surface area (Å²) < 4.78 is 15.5. The van der Waals surface area contributed by atoms with Crippen LogP contribution in [0, 0.1) is 0 Å². The van der Waals surface area contributed by atoms with Gasteiger partial charge in [0.15, 0.2) is 0 Å². The molecule has 0 bridgehead atoms. The number of aryl methyl sites for hydroxylation is 1. The van der Waals surface area contributed by atoms with Gasteiger partial charge in [-0.05, 0) is 36.4 Å². The summed E-state index contributed by atoms with van der Waals surface area (Å²) in [4.78, 5) is 5.27. The highest BCUT2D eigenvalue weighted by Gasteiger charge is 2.23. The summed E-state index contributed by atoms with van der Waals surface area (Å²) in [6.07, 6.45) is 3.38. The number of fused-ring (bicyclic) bond motifs is 3. The van der Waals surface area contributed by atoms with Crippen LogP contribution in [0.25, 0.3) is 28.1 Å². The number of benzene rings is 2. The normalized spacial score (nSPS) is 15.3. The van der Waals surface area contributed by atoms with Crippen LogP contribution in [0.3, 0.4) is 0 Å². The lowest BCUT2D eigenvalue weighted by Gasteiger charge is -2.23. The zero-order valence-corrected chi connectivity index (χ0v) is 16.9. The van der Waals surface area contributed by atoms with Crippen molar-refractivity contribution in [3.8, 4) is 17.0 Å². The Bertz CT molecular complexity index is 1110. The number of quaternary nitrogens is 1. The minimum absolute atomic E-state index is 0.881. The highest BCUT2D eigenvalue weighted by Crippen LogP contribution is 2.25. The fourth-order valence-electron chi connectivity index (χ4n) is 4.33. The van der Waals surface area contributed by atoms with E-state index < -0.39 is 0 Å². The quantitative estimate of drug-likeness (QED) is 0.491. The Morgan fingerprint density at radius 1 is 1.10 bits per heavy atom. The van der Waals surface area contributed by atoms with Gasteiger partial charge in [-0.1, -0.05) is 12.1 Å². The number of hydrogen-bond acceptors (Lipinski definition) is 2. The van der Waals surface area contributed by atoms with Crippen molar-refractivity contribution in [2.75, 3.05) is 40.0 Å². The summed E-state index contributed by atoms with van der Waals surface area (Å²) >= 11 is 0. The number of H-pyrrole nitrogens is 1. The van der Waals surface area contributed by atoms with E-state index in [4.69, 9.17) is 9.47 Å². The molecule has 1 aliphatic heterocycles. The fraction of sp³-hybridized carbons (Fsp3) is 0.348. The smallest absolute Gasteiger partial charge is 0.368 e. The Morgan fingerprint density at radius 2 is 1.90 bits per heavy atom. The predicted octanol–water partition coefficient (Wildman–Crippen LogP) is 1.69. The maximum atomic E-state index is 5.49. The molecule has 0 spiro atoms. The highest BCUT2D eigenvalue weighted by molar-refractivity contribution is 5.74. The van der Waals surface area contributed by atoms with E-state index in [1.807, 2.05) is 12.1 Å². The average molecular weight is 393 g/mol. The first-order valence-corrected chi connectivity index (χ1v) is 10.4. The second-order valence-electron chi connectivity index (χ2n) is 7.70. The van der Waals surface area contributed by atoms with E-state index in [-0.39, 0.29) is 0 Å². The van der Waals surface area contributed by atoms with Crippen molar-refractivity contribution in [1.82, 2.24) is 9.55 Å². The Kier molecular flexibility index (Phi) is 4.96. The molecule has 3 heterocycles. The van der Waals surface area contributed by atoms with Gasteiger partial charge < -0.3 is 14.4 Å². The molecule has 150 valence electrons. The number of hydrogen-bond donors (Lipinski definition) is 2. The number of nitrogens with one attached hydrogen (secondary N) is 2. The summed E-state index contributed by atoms with van der Waals surface area (Å²) in [6, 6.07) is 16.8. The van der Waals surface area contributed by atoms with Crippen LogP contribution in [0.5, 0.6) is 5.75 Å². The number of morpholine rings is 1. The lowest BCUT2D eigenvalue weighted by atomic mass is 10.1. The van der Waals surface area contributed by atoms with Crippen molar-refractivity contribution in [3.63, 3.8) is 0 Å². The van der Waals surface area contributed by atoms with E-state index in [1.54, 1.807) is 12.0 Å². The Balaban J connectivity index is 1.50. The van der Waals surface area contributed by atoms with Crippen LogP contribution in [0.15, 0.2) is 54.7 Å². The van der Waals surface area contributed by atoms with Crippen molar-refractivity contribution >= 4 is 16.8 Å². The zero-order valence-electron chi connectivity index (χ0n) is 16.9.